The molecule has 0 saturated carbocycles. The normalized spacial score (nSPS) is 12.8. The molecule has 0 radical (unpaired) electrons. The van der Waals surface area contributed by atoms with Gasteiger partial charge in [0, 0.05) is 21.7 Å². The number of hydrogen-bond acceptors (Lipinski definition) is 5. The molecule has 0 aliphatic carbocycles. The zero-order valence-corrected chi connectivity index (χ0v) is 19.0. The SMILES string of the molecule is CCOCOCC(CC(Cc1ccccc1)C(=O)NO)NC(=O)c1ccc(I)cc1. The second-order valence-corrected chi connectivity index (χ2v) is 8.00. The van der Waals surface area contributed by atoms with E-state index in [-0.39, 0.29) is 19.3 Å². The number of carbonyl (C=O) groups is 2. The molecule has 0 aliphatic heterocycles. The molecular formula is C22H27IN2O5. The monoisotopic (exact) mass is 526 g/mol. The minimum Gasteiger partial charge on any atom is -0.356 e. The van der Waals surface area contributed by atoms with E-state index >= 15 is 0 Å². The summed E-state index contributed by atoms with van der Waals surface area (Å²) in [7, 11) is 0. The molecule has 30 heavy (non-hydrogen) atoms. The second-order valence-electron chi connectivity index (χ2n) is 6.76. The van der Waals surface area contributed by atoms with Gasteiger partial charge in [0.25, 0.3) is 5.91 Å². The van der Waals surface area contributed by atoms with E-state index in [4.69, 9.17) is 9.47 Å². The predicted molar refractivity (Wildman–Crippen MR) is 121 cm³/mol. The highest BCUT2D eigenvalue weighted by atomic mass is 127. The Morgan fingerprint density at radius 1 is 1.07 bits per heavy atom. The topological polar surface area (TPSA) is 96.9 Å². The van der Waals surface area contributed by atoms with Crippen LogP contribution in [0.1, 0.15) is 29.3 Å². The van der Waals surface area contributed by atoms with E-state index in [1.54, 1.807) is 17.6 Å². The molecule has 0 heterocycles. The number of hydroxylamine groups is 1. The molecule has 2 amide bonds. The van der Waals surface area contributed by atoms with Gasteiger partial charge >= 0.3 is 0 Å². The van der Waals surface area contributed by atoms with Crippen LogP contribution in [-0.2, 0) is 20.7 Å². The number of nitrogens with one attached hydrogen (secondary N) is 2. The van der Waals surface area contributed by atoms with E-state index in [2.05, 4.69) is 27.9 Å². The Morgan fingerprint density at radius 2 is 1.77 bits per heavy atom. The summed E-state index contributed by atoms with van der Waals surface area (Å²) in [6.07, 6.45) is 0.720. The van der Waals surface area contributed by atoms with Gasteiger partial charge in [0.15, 0.2) is 0 Å². The lowest BCUT2D eigenvalue weighted by atomic mass is 9.92. The molecule has 0 saturated heterocycles. The van der Waals surface area contributed by atoms with Gasteiger partial charge < -0.3 is 14.8 Å². The van der Waals surface area contributed by atoms with Crippen LogP contribution >= 0.6 is 22.6 Å². The Labute approximate surface area is 190 Å². The zero-order valence-electron chi connectivity index (χ0n) is 16.8. The number of halogens is 1. The van der Waals surface area contributed by atoms with E-state index in [0.29, 0.717) is 25.0 Å². The fourth-order valence-corrected chi connectivity index (χ4v) is 3.35. The first-order chi connectivity index (χ1) is 14.5. The maximum Gasteiger partial charge on any atom is 0.251 e. The van der Waals surface area contributed by atoms with Crippen molar-refractivity contribution < 1.29 is 24.3 Å². The van der Waals surface area contributed by atoms with Gasteiger partial charge in [-0.05, 0) is 72.2 Å². The third-order valence-corrected chi connectivity index (χ3v) is 5.23. The van der Waals surface area contributed by atoms with Crippen molar-refractivity contribution in [3.63, 3.8) is 0 Å². The summed E-state index contributed by atoms with van der Waals surface area (Å²) in [6.45, 7) is 2.66. The molecule has 0 aromatic heterocycles. The lowest BCUT2D eigenvalue weighted by Crippen LogP contribution is -2.42. The van der Waals surface area contributed by atoms with Gasteiger partial charge in [-0.1, -0.05) is 30.3 Å². The third-order valence-electron chi connectivity index (χ3n) is 4.51. The van der Waals surface area contributed by atoms with Crippen molar-refractivity contribution in [1.82, 2.24) is 10.8 Å². The number of rotatable bonds is 12. The summed E-state index contributed by atoms with van der Waals surface area (Å²) in [6, 6.07) is 16.3. The third kappa shape index (κ3) is 8.39. The molecule has 0 aliphatic rings. The summed E-state index contributed by atoms with van der Waals surface area (Å²) in [5.41, 5.74) is 3.23. The van der Waals surface area contributed by atoms with Gasteiger partial charge in [0.2, 0.25) is 5.91 Å². The fourth-order valence-electron chi connectivity index (χ4n) is 2.99. The molecule has 162 valence electrons. The minimum absolute atomic E-state index is 0.0992. The molecule has 2 aromatic rings. The quantitative estimate of drug-likeness (QED) is 0.130. The maximum atomic E-state index is 12.7. The first kappa shape index (κ1) is 24.3. The van der Waals surface area contributed by atoms with Crippen molar-refractivity contribution in [2.45, 2.75) is 25.8 Å². The molecule has 2 unspecified atom stereocenters. The van der Waals surface area contributed by atoms with Crippen LogP contribution in [0.15, 0.2) is 54.6 Å². The summed E-state index contributed by atoms with van der Waals surface area (Å²) in [5, 5.41) is 12.1. The molecule has 2 atom stereocenters. The van der Waals surface area contributed by atoms with Crippen LogP contribution in [0, 0.1) is 9.49 Å². The van der Waals surface area contributed by atoms with E-state index in [1.807, 2.05) is 49.4 Å². The number of hydrogen-bond donors (Lipinski definition) is 3. The van der Waals surface area contributed by atoms with Crippen LogP contribution in [0.3, 0.4) is 0 Å². The summed E-state index contributed by atoms with van der Waals surface area (Å²) in [5.74, 6) is -1.30. The lowest BCUT2D eigenvalue weighted by molar-refractivity contribution is -0.134. The van der Waals surface area contributed by atoms with E-state index in [1.165, 1.54) is 0 Å². The Kier molecular flexibility index (Phi) is 10.8. The van der Waals surface area contributed by atoms with Gasteiger partial charge in [-0.3, -0.25) is 14.8 Å². The van der Waals surface area contributed by atoms with E-state index in [0.717, 1.165) is 9.13 Å². The fraction of sp³-hybridized carbons (Fsp3) is 0.364. The average Bonchev–Trinajstić information content (AvgIpc) is 2.76. The average molecular weight is 526 g/mol. The highest BCUT2D eigenvalue weighted by Gasteiger charge is 2.25. The van der Waals surface area contributed by atoms with Gasteiger partial charge in [0.1, 0.15) is 6.79 Å². The van der Waals surface area contributed by atoms with Gasteiger partial charge in [-0.15, -0.1) is 0 Å². The lowest BCUT2D eigenvalue weighted by Gasteiger charge is -2.24. The number of ether oxygens (including phenoxy) is 2. The number of carbonyl (C=O) groups excluding carboxylic acids is 2. The molecule has 2 rings (SSSR count). The first-order valence-electron chi connectivity index (χ1n) is 9.73. The van der Waals surface area contributed by atoms with Crippen LogP contribution < -0.4 is 10.8 Å². The molecular weight excluding hydrogens is 499 g/mol. The highest BCUT2D eigenvalue weighted by Crippen LogP contribution is 2.16. The van der Waals surface area contributed by atoms with E-state index < -0.39 is 17.9 Å². The minimum atomic E-state index is -0.546. The summed E-state index contributed by atoms with van der Waals surface area (Å²) in [4.78, 5) is 25.0. The van der Waals surface area contributed by atoms with Crippen LogP contribution in [0.5, 0.6) is 0 Å². The van der Waals surface area contributed by atoms with Crippen LogP contribution in [0.4, 0.5) is 0 Å². The molecule has 0 bridgehead atoms. The van der Waals surface area contributed by atoms with E-state index in [9.17, 15) is 14.8 Å². The number of amides is 2. The largest absolute Gasteiger partial charge is 0.356 e. The molecule has 0 spiro atoms. The van der Waals surface area contributed by atoms with Crippen LogP contribution in [0.25, 0.3) is 0 Å². The zero-order chi connectivity index (χ0) is 21.8. The number of benzene rings is 2. The van der Waals surface area contributed by atoms with Crippen molar-refractivity contribution >= 4 is 34.4 Å². The molecule has 2 aromatic carbocycles. The highest BCUT2D eigenvalue weighted by molar-refractivity contribution is 14.1. The van der Waals surface area contributed by atoms with Crippen molar-refractivity contribution in [3.05, 3.63) is 69.3 Å². The maximum absolute atomic E-state index is 12.7. The smallest absolute Gasteiger partial charge is 0.251 e. The summed E-state index contributed by atoms with van der Waals surface area (Å²) < 4.78 is 11.8. The molecule has 8 heteroatoms. The first-order valence-corrected chi connectivity index (χ1v) is 10.8. The Bertz CT molecular complexity index is 786. The molecule has 0 fully saturated rings. The molecule has 3 N–H and O–H groups in total. The predicted octanol–water partition coefficient (Wildman–Crippen LogP) is 3.15. The van der Waals surface area contributed by atoms with Crippen molar-refractivity contribution in [3.8, 4) is 0 Å². The van der Waals surface area contributed by atoms with Crippen LogP contribution in [-0.4, -0.2) is 43.1 Å². The summed E-state index contributed by atoms with van der Waals surface area (Å²) >= 11 is 2.18. The Hall–Kier alpha value is -2.01. The van der Waals surface area contributed by atoms with Crippen LogP contribution in [0.2, 0.25) is 0 Å². The standard InChI is InChI=1S/C22H27IN2O5/c1-2-29-15-30-14-20(24-21(26)17-8-10-19(23)11-9-17)13-18(22(27)25-28)12-16-6-4-3-5-7-16/h3-11,18,20,28H,2,12-15H2,1H3,(H,24,26)(H,25,27). The van der Waals surface area contributed by atoms with Crippen molar-refractivity contribution in [2.24, 2.45) is 5.92 Å². The second kappa shape index (κ2) is 13.3. The molecule has 7 nitrogen and oxygen atoms in total. The van der Waals surface area contributed by atoms with Gasteiger partial charge in [-0.25, -0.2) is 5.48 Å². The Balaban J connectivity index is 2.10. The van der Waals surface area contributed by atoms with Gasteiger partial charge in [-0.2, -0.15) is 0 Å². The van der Waals surface area contributed by atoms with Crippen molar-refractivity contribution in [1.29, 1.82) is 0 Å². The Morgan fingerprint density at radius 3 is 2.40 bits per heavy atom. The van der Waals surface area contributed by atoms with Gasteiger partial charge in [0.05, 0.1) is 12.6 Å². The van der Waals surface area contributed by atoms with Crippen molar-refractivity contribution in [2.75, 3.05) is 20.0 Å².